The molecule has 6 nitrogen and oxygen atoms in total. The summed E-state index contributed by atoms with van der Waals surface area (Å²) in [5, 5.41) is 3.05. The summed E-state index contributed by atoms with van der Waals surface area (Å²) >= 11 is 0. The largest absolute Gasteiger partial charge is 0.484 e. The Bertz CT molecular complexity index is 743. The van der Waals surface area contributed by atoms with Gasteiger partial charge in [-0.1, -0.05) is 11.6 Å². The Kier molecular flexibility index (Phi) is 8.25. The average molecular weight is 418 g/mol. The van der Waals surface area contributed by atoms with Crippen LogP contribution in [-0.2, 0) is 9.59 Å². The van der Waals surface area contributed by atoms with E-state index in [1.807, 2.05) is 6.92 Å². The molecule has 1 saturated heterocycles. The van der Waals surface area contributed by atoms with Crippen LogP contribution in [0, 0.1) is 5.82 Å². The van der Waals surface area contributed by atoms with E-state index in [2.05, 4.69) is 16.3 Å². The van der Waals surface area contributed by atoms with E-state index in [0.717, 1.165) is 19.3 Å². The maximum atomic E-state index is 12.9. The fourth-order valence-corrected chi connectivity index (χ4v) is 3.92. The van der Waals surface area contributed by atoms with Crippen LogP contribution in [0.25, 0.3) is 0 Å². The quantitative estimate of drug-likeness (QED) is 0.661. The Balaban J connectivity index is 1.35. The van der Waals surface area contributed by atoms with Crippen molar-refractivity contribution in [2.45, 2.75) is 45.1 Å². The third-order valence-corrected chi connectivity index (χ3v) is 5.90. The maximum absolute atomic E-state index is 12.9. The summed E-state index contributed by atoms with van der Waals surface area (Å²) in [4.78, 5) is 28.7. The molecule has 0 saturated carbocycles. The monoisotopic (exact) mass is 417 g/mol. The second kappa shape index (κ2) is 11.1. The van der Waals surface area contributed by atoms with Gasteiger partial charge < -0.3 is 15.0 Å². The number of nitrogens with one attached hydrogen (secondary N) is 1. The van der Waals surface area contributed by atoms with E-state index in [1.54, 1.807) is 4.90 Å². The highest BCUT2D eigenvalue weighted by molar-refractivity contribution is 5.81. The Labute approximate surface area is 178 Å². The van der Waals surface area contributed by atoms with Crippen molar-refractivity contribution in [1.82, 2.24) is 15.1 Å². The molecule has 1 N–H and O–H groups in total. The highest BCUT2D eigenvalue weighted by Gasteiger charge is 2.27. The Hall–Kier alpha value is -2.41. The van der Waals surface area contributed by atoms with Crippen molar-refractivity contribution in [3.8, 4) is 5.75 Å². The van der Waals surface area contributed by atoms with Crippen LogP contribution in [-0.4, -0.2) is 67.0 Å². The molecule has 3 rings (SSSR count). The lowest BCUT2D eigenvalue weighted by atomic mass is 9.97. The molecule has 1 aliphatic carbocycles. The third kappa shape index (κ3) is 6.55. The molecular weight excluding hydrogens is 385 g/mol. The molecule has 0 radical (unpaired) electrons. The van der Waals surface area contributed by atoms with Crippen LogP contribution >= 0.6 is 0 Å². The molecule has 0 spiro atoms. The minimum Gasteiger partial charge on any atom is -0.484 e. The number of allylic oxidation sites excluding steroid dienone is 1. The van der Waals surface area contributed by atoms with Crippen LogP contribution in [0.3, 0.4) is 0 Å². The van der Waals surface area contributed by atoms with Crippen molar-refractivity contribution in [3.63, 3.8) is 0 Å². The molecule has 1 aromatic carbocycles. The van der Waals surface area contributed by atoms with Gasteiger partial charge in [-0.25, -0.2) is 4.39 Å². The van der Waals surface area contributed by atoms with Gasteiger partial charge in [0.1, 0.15) is 11.6 Å². The van der Waals surface area contributed by atoms with Crippen LogP contribution in [0.4, 0.5) is 4.39 Å². The fourth-order valence-electron chi connectivity index (χ4n) is 3.92. The predicted octanol–water partition coefficient (Wildman–Crippen LogP) is 2.74. The lowest BCUT2D eigenvalue weighted by Crippen LogP contribution is -2.55. The number of benzene rings is 1. The maximum Gasteiger partial charge on any atom is 0.260 e. The number of halogens is 1. The van der Waals surface area contributed by atoms with E-state index in [0.29, 0.717) is 38.5 Å². The molecule has 0 bridgehead atoms. The zero-order valence-corrected chi connectivity index (χ0v) is 17.7. The van der Waals surface area contributed by atoms with Crippen molar-refractivity contribution >= 4 is 11.8 Å². The average Bonchev–Trinajstić information content (AvgIpc) is 2.78. The van der Waals surface area contributed by atoms with E-state index in [1.165, 1.54) is 42.7 Å². The molecule has 2 amide bonds. The van der Waals surface area contributed by atoms with Crippen molar-refractivity contribution in [2.75, 3.05) is 39.3 Å². The number of hydrogen-bond donors (Lipinski definition) is 1. The number of carbonyl (C=O) groups is 2. The molecule has 1 aromatic rings. The summed E-state index contributed by atoms with van der Waals surface area (Å²) in [6.07, 6.45) is 8.11. The Morgan fingerprint density at radius 2 is 1.87 bits per heavy atom. The summed E-state index contributed by atoms with van der Waals surface area (Å²) in [5.74, 6) is 0.0781. The van der Waals surface area contributed by atoms with Crippen LogP contribution in [0.5, 0.6) is 5.75 Å². The number of nitrogens with zero attached hydrogens (tertiary/aromatic N) is 2. The molecule has 2 aliphatic rings. The number of piperazine rings is 1. The van der Waals surface area contributed by atoms with Crippen molar-refractivity contribution in [1.29, 1.82) is 0 Å². The fraction of sp³-hybridized carbons (Fsp3) is 0.565. The second-order valence-electron chi connectivity index (χ2n) is 7.98. The first kappa shape index (κ1) is 22.3. The van der Waals surface area contributed by atoms with E-state index in [4.69, 9.17) is 4.74 Å². The smallest absolute Gasteiger partial charge is 0.260 e. The van der Waals surface area contributed by atoms with E-state index < -0.39 is 0 Å². The van der Waals surface area contributed by atoms with Crippen molar-refractivity contribution < 1.29 is 18.7 Å². The van der Waals surface area contributed by atoms with Gasteiger partial charge in [0.05, 0.1) is 6.04 Å². The zero-order chi connectivity index (χ0) is 21.3. The van der Waals surface area contributed by atoms with Gasteiger partial charge in [0.2, 0.25) is 5.91 Å². The van der Waals surface area contributed by atoms with Gasteiger partial charge >= 0.3 is 0 Å². The van der Waals surface area contributed by atoms with Gasteiger partial charge in [0, 0.05) is 32.7 Å². The van der Waals surface area contributed by atoms with Crippen LogP contribution in [0.15, 0.2) is 35.9 Å². The lowest BCUT2D eigenvalue weighted by Gasteiger charge is -2.37. The highest BCUT2D eigenvalue weighted by atomic mass is 19.1. The zero-order valence-electron chi connectivity index (χ0n) is 17.7. The first-order valence-corrected chi connectivity index (χ1v) is 10.9. The summed E-state index contributed by atoms with van der Waals surface area (Å²) in [6.45, 7) is 4.98. The van der Waals surface area contributed by atoms with Gasteiger partial charge in [-0.05, 0) is 63.3 Å². The Morgan fingerprint density at radius 3 is 2.53 bits per heavy atom. The van der Waals surface area contributed by atoms with Crippen LogP contribution in [0.1, 0.15) is 39.0 Å². The van der Waals surface area contributed by atoms with E-state index in [-0.39, 0.29) is 30.3 Å². The van der Waals surface area contributed by atoms with Gasteiger partial charge in [-0.3, -0.25) is 14.5 Å². The van der Waals surface area contributed by atoms with Crippen molar-refractivity contribution in [2.24, 2.45) is 0 Å². The summed E-state index contributed by atoms with van der Waals surface area (Å²) in [6, 6.07) is 5.41. The highest BCUT2D eigenvalue weighted by Crippen LogP contribution is 2.19. The third-order valence-electron chi connectivity index (χ3n) is 5.90. The number of hydrogen-bond acceptors (Lipinski definition) is 4. The number of carbonyl (C=O) groups excluding carboxylic acids is 2. The minimum absolute atomic E-state index is 0.0471. The number of ether oxygens (including phenoxy) is 1. The Morgan fingerprint density at radius 1 is 1.13 bits per heavy atom. The first-order chi connectivity index (χ1) is 14.5. The van der Waals surface area contributed by atoms with Gasteiger partial charge in [-0.15, -0.1) is 0 Å². The molecule has 164 valence electrons. The standard InChI is InChI=1S/C23H32FN3O3/c1-18(23(29)25-12-11-19-5-3-2-4-6-19)26-13-15-27(16-14-26)22(28)17-30-21-9-7-20(24)8-10-21/h5,7-10,18H,2-4,6,11-17H2,1H3,(H,25,29). The topological polar surface area (TPSA) is 61.9 Å². The molecule has 0 aromatic heterocycles. The molecule has 7 heteroatoms. The predicted molar refractivity (Wildman–Crippen MR) is 114 cm³/mol. The van der Waals surface area contributed by atoms with Gasteiger partial charge in [0.15, 0.2) is 6.61 Å². The van der Waals surface area contributed by atoms with Crippen molar-refractivity contribution in [3.05, 3.63) is 41.7 Å². The second-order valence-corrected chi connectivity index (χ2v) is 7.98. The van der Waals surface area contributed by atoms with E-state index in [9.17, 15) is 14.0 Å². The molecule has 1 heterocycles. The van der Waals surface area contributed by atoms with Gasteiger partial charge in [-0.2, -0.15) is 0 Å². The summed E-state index contributed by atoms with van der Waals surface area (Å²) < 4.78 is 18.4. The molecule has 1 atom stereocenters. The molecule has 1 unspecified atom stereocenters. The molecule has 1 fully saturated rings. The van der Waals surface area contributed by atoms with Gasteiger partial charge in [0.25, 0.3) is 5.91 Å². The normalized spacial score (nSPS) is 18.5. The SMILES string of the molecule is CC(C(=O)NCCC1=CCCCC1)N1CCN(C(=O)COc2ccc(F)cc2)CC1. The molecule has 1 aliphatic heterocycles. The lowest BCUT2D eigenvalue weighted by molar-refractivity contribution is -0.136. The molecule has 30 heavy (non-hydrogen) atoms. The number of rotatable bonds is 8. The molecular formula is C23H32FN3O3. The first-order valence-electron chi connectivity index (χ1n) is 10.9. The van der Waals surface area contributed by atoms with E-state index >= 15 is 0 Å². The summed E-state index contributed by atoms with van der Waals surface area (Å²) in [5.41, 5.74) is 1.46. The van der Waals surface area contributed by atoms with Crippen LogP contribution < -0.4 is 10.1 Å². The minimum atomic E-state index is -0.339. The number of amides is 2. The van der Waals surface area contributed by atoms with Crippen LogP contribution in [0.2, 0.25) is 0 Å². The summed E-state index contributed by atoms with van der Waals surface area (Å²) in [7, 11) is 0.